The molecule has 0 saturated heterocycles. The molecule has 104 valence electrons. The minimum absolute atomic E-state index is 0.731. The second-order valence-electron chi connectivity index (χ2n) is 4.35. The fraction of sp³-hybridized carbons (Fsp3) is 0.133. The molecule has 0 bridgehead atoms. The molecule has 0 aliphatic carbocycles. The van der Waals surface area contributed by atoms with Crippen molar-refractivity contribution in [3.05, 3.63) is 48.5 Å². The van der Waals surface area contributed by atoms with Crippen LogP contribution in [0.3, 0.4) is 0 Å². The number of nitrogens with two attached hydrogens (primary N) is 1. The van der Waals surface area contributed by atoms with Gasteiger partial charge in [-0.2, -0.15) is 0 Å². The highest BCUT2D eigenvalue weighted by atomic mass is 32.2. The van der Waals surface area contributed by atoms with Crippen LogP contribution in [0.25, 0.3) is 0 Å². The zero-order valence-electron chi connectivity index (χ0n) is 11.0. The van der Waals surface area contributed by atoms with E-state index in [1.54, 1.807) is 0 Å². The van der Waals surface area contributed by atoms with E-state index >= 15 is 0 Å². The van der Waals surface area contributed by atoms with Crippen molar-refractivity contribution in [2.24, 2.45) is 5.73 Å². The molecule has 1 heterocycles. The van der Waals surface area contributed by atoms with Crippen molar-refractivity contribution in [3.8, 4) is 0 Å². The van der Waals surface area contributed by atoms with Gasteiger partial charge in [0.1, 0.15) is 6.04 Å². The number of nitrogens with one attached hydrogen (secondary N) is 1. The molecule has 1 unspecified atom stereocenters. The third-order valence-electron chi connectivity index (χ3n) is 2.65. The van der Waals surface area contributed by atoms with Crippen molar-refractivity contribution in [1.82, 2.24) is 0 Å². The van der Waals surface area contributed by atoms with Gasteiger partial charge in [-0.1, -0.05) is 36.0 Å². The molecular formula is C15H16N2O2S. The molecule has 2 aromatic rings. The molecule has 5 heteroatoms. The Bertz CT molecular complexity index is 527. The summed E-state index contributed by atoms with van der Waals surface area (Å²) >= 11 is 1.82. The van der Waals surface area contributed by atoms with E-state index in [-0.39, 0.29) is 0 Å². The van der Waals surface area contributed by atoms with Gasteiger partial charge >= 0.3 is 5.97 Å². The van der Waals surface area contributed by atoms with Crippen molar-refractivity contribution in [2.75, 3.05) is 5.32 Å². The number of aliphatic carboxylic acids is 1. The van der Waals surface area contributed by atoms with E-state index < -0.39 is 12.0 Å². The summed E-state index contributed by atoms with van der Waals surface area (Å²) in [6.07, 6.45) is 0. The Morgan fingerprint density at radius 1 is 1.10 bits per heavy atom. The first-order valence-corrected chi connectivity index (χ1v) is 7.01. The van der Waals surface area contributed by atoms with E-state index in [4.69, 9.17) is 10.8 Å². The zero-order chi connectivity index (χ0) is 14.5. The van der Waals surface area contributed by atoms with Crippen molar-refractivity contribution in [2.45, 2.75) is 22.8 Å². The first-order chi connectivity index (χ1) is 9.58. The van der Waals surface area contributed by atoms with Gasteiger partial charge in [-0.3, -0.25) is 4.79 Å². The van der Waals surface area contributed by atoms with Crippen LogP contribution in [-0.4, -0.2) is 17.1 Å². The minimum atomic E-state index is -0.963. The monoisotopic (exact) mass is 288 g/mol. The second kappa shape index (κ2) is 6.45. The lowest BCUT2D eigenvalue weighted by molar-refractivity contribution is -0.138. The highest BCUT2D eigenvalue weighted by Gasteiger charge is 2.13. The second-order valence-corrected chi connectivity index (χ2v) is 5.43. The van der Waals surface area contributed by atoms with Crippen LogP contribution < -0.4 is 11.1 Å². The smallest absolute Gasteiger partial charge is 0.320 e. The molecule has 1 aliphatic rings. The number of hydrogen-bond acceptors (Lipinski definition) is 4. The molecule has 1 atom stereocenters. The molecular weight excluding hydrogens is 272 g/mol. The third kappa shape index (κ3) is 3.53. The predicted octanol–water partition coefficient (Wildman–Crippen LogP) is 3.31. The van der Waals surface area contributed by atoms with Crippen LogP contribution in [0.1, 0.15) is 6.92 Å². The Morgan fingerprint density at radius 3 is 1.90 bits per heavy atom. The molecule has 20 heavy (non-hydrogen) atoms. The summed E-state index contributed by atoms with van der Waals surface area (Å²) in [5.41, 5.74) is 7.25. The summed E-state index contributed by atoms with van der Waals surface area (Å²) in [4.78, 5) is 12.2. The Labute approximate surface area is 122 Å². The number of anilines is 2. The fourth-order valence-electron chi connectivity index (χ4n) is 1.58. The average molecular weight is 288 g/mol. The third-order valence-corrected chi connectivity index (χ3v) is 3.80. The van der Waals surface area contributed by atoms with Gasteiger partial charge in [-0.25, -0.2) is 0 Å². The number of carbonyl (C=O) groups is 1. The number of carboxylic acids is 1. The molecule has 3 rings (SSSR count). The van der Waals surface area contributed by atoms with Crippen molar-refractivity contribution >= 4 is 29.1 Å². The maximum atomic E-state index is 9.57. The first kappa shape index (κ1) is 14.4. The summed E-state index contributed by atoms with van der Waals surface area (Å²) in [5.74, 6) is -0.963. The maximum absolute atomic E-state index is 9.57. The van der Waals surface area contributed by atoms with Crippen LogP contribution in [0.2, 0.25) is 0 Å². The van der Waals surface area contributed by atoms with E-state index in [0.29, 0.717) is 0 Å². The molecule has 0 radical (unpaired) electrons. The zero-order valence-corrected chi connectivity index (χ0v) is 11.9. The SMILES string of the molecule is CC(N)C(=O)O.c1ccc2c(c1)Nc1ccccc1S2. The average Bonchev–Trinajstić information content (AvgIpc) is 2.45. The van der Waals surface area contributed by atoms with E-state index in [9.17, 15) is 4.79 Å². The largest absolute Gasteiger partial charge is 0.480 e. The lowest BCUT2D eigenvalue weighted by Crippen LogP contribution is -2.25. The summed E-state index contributed by atoms with van der Waals surface area (Å²) in [6.45, 7) is 1.42. The van der Waals surface area contributed by atoms with Gasteiger partial charge in [-0.05, 0) is 31.2 Å². The highest BCUT2D eigenvalue weighted by Crippen LogP contribution is 2.43. The number of carboxylic acid groups (broad SMARTS) is 1. The topological polar surface area (TPSA) is 75.4 Å². The number of rotatable bonds is 1. The van der Waals surface area contributed by atoms with Gasteiger partial charge in [0.15, 0.2) is 0 Å². The summed E-state index contributed by atoms with van der Waals surface area (Å²) < 4.78 is 0. The van der Waals surface area contributed by atoms with Crippen LogP contribution >= 0.6 is 11.8 Å². The Balaban J connectivity index is 0.000000212. The molecule has 4 N–H and O–H groups in total. The van der Waals surface area contributed by atoms with Crippen LogP contribution in [0.4, 0.5) is 11.4 Å². The molecule has 2 aromatic carbocycles. The van der Waals surface area contributed by atoms with E-state index in [0.717, 1.165) is 0 Å². The number of benzene rings is 2. The molecule has 1 aliphatic heterocycles. The molecule has 0 saturated carbocycles. The maximum Gasteiger partial charge on any atom is 0.320 e. The van der Waals surface area contributed by atoms with Crippen LogP contribution in [0, 0.1) is 0 Å². The summed E-state index contributed by atoms with van der Waals surface area (Å²) in [6, 6.07) is 16.0. The van der Waals surface area contributed by atoms with Gasteiger partial charge in [0.05, 0.1) is 11.4 Å². The number of para-hydroxylation sites is 2. The van der Waals surface area contributed by atoms with E-state index in [1.807, 2.05) is 11.8 Å². The minimum Gasteiger partial charge on any atom is -0.480 e. The van der Waals surface area contributed by atoms with Gasteiger partial charge in [0.25, 0.3) is 0 Å². The van der Waals surface area contributed by atoms with Crippen molar-refractivity contribution < 1.29 is 9.90 Å². The number of hydrogen-bond donors (Lipinski definition) is 3. The van der Waals surface area contributed by atoms with Crippen LogP contribution in [0.15, 0.2) is 58.3 Å². The lowest BCUT2D eigenvalue weighted by atomic mass is 10.2. The normalized spacial score (nSPS) is 12.9. The van der Waals surface area contributed by atoms with Gasteiger partial charge < -0.3 is 16.2 Å². The molecule has 4 nitrogen and oxygen atoms in total. The van der Waals surface area contributed by atoms with E-state index in [2.05, 4.69) is 53.8 Å². The Morgan fingerprint density at radius 2 is 1.50 bits per heavy atom. The van der Waals surface area contributed by atoms with Gasteiger partial charge in [0.2, 0.25) is 0 Å². The lowest BCUT2D eigenvalue weighted by Gasteiger charge is -2.19. The van der Waals surface area contributed by atoms with Crippen LogP contribution in [-0.2, 0) is 4.79 Å². The molecule has 0 aromatic heterocycles. The van der Waals surface area contributed by atoms with Crippen molar-refractivity contribution in [3.63, 3.8) is 0 Å². The summed E-state index contributed by atoms with van der Waals surface area (Å²) in [7, 11) is 0. The summed E-state index contributed by atoms with van der Waals surface area (Å²) in [5, 5.41) is 11.3. The Kier molecular flexibility index (Phi) is 4.65. The predicted molar refractivity (Wildman–Crippen MR) is 81.6 cm³/mol. The molecule has 0 spiro atoms. The van der Waals surface area contributed by atoms with Crippen molar-refractivity contribution in [1.29, 1.82) is 0 Å². The van der Waals surface area contributed by atoms with Crippen LogP contribution in [0.5, 0.6) is 0 Å². The highest BCUT2D eigenvalue weighted by molar-refractivity contribution is 7.99. The number of fused-ring (bicyclic) bond motifs is 2. The standard InChI is InChI=1S/C12H9NS.C3H7NO2/c1-3-7-11-9(5-1)13-10-6-2-4-8-12(10)14-11;1-2(4)3(5)6/h1-8,13H;2H,4H2,1H3,(H,5,6). The fourth-order valence-corrected chi connectivity index (χ4v) is 2.57. The Hall–Kier alpha value is -1.98. The molecule has 0 fully saturated rings. The van der Waals surface area contributed by atoms with Gasteiger partial charge in [0, 0.05) is 9.79 Å². The molecule has 0 amide bonds. The quantitative estimate of drug-likeness (QED) is 0.640. The van der Waals surface area contributed by atoms with E-state index in [1.165, 1.54) is 28.1 Å². The first-order valence-electron chi connectivity index (χ1n) is 6.19. The van der Waals surface area contributed by atoms with Gasteiger partial charge in [-0.15, -0.1) is 0 Å².